The van der Waals surface area contributed by atoms with E-state index in [4.69, 9.17) is 4.74 Å². The van der Waals surface area contributed by atoms with E-state index in [0.717, 1.165) is 28.0 Å². The fourth-order valence-corrected chi connectivity index (χ4v) is 2.59. The van der Waals surface area contributed by atoms with E-state index in [2.05, 4.69) is 0 Å². The Morgan fingerprint density at radius 2 is 1.30 bits per heavy atom. The smallest absolute Gasteiger partial charge is 0.127 e. The van der Waals surface area contributed by atoms with Gasteiger partial charge in [0.15, 0.2) is 0 Å². The SMILES string of the molecule is CCOc1cccc(-c2ccc(F)cc2)c1-c1ccc(F)cc1. The lowest BCUT2D eigenvalue weighted by molar-refractivity contribution is 0.342. The first-order valence-electron chi connectivity index (χ1n) is 7.46. The van der Waals surface area contributed by atoms with E-state index < -0.39 is 0 Å². The third-order valence-corrected chi connectivity index (χ3v) is 3.61. The van der Waals surface area contributed by atoms with Crippen LogP contribution >= 0.6 is 0 Å². The van der Waals surface area contributed by atoms with E-state index >= 15 is 0 Å². The lowest BCUT2D eigenvalue weighted by Gasteiger charge is -2.15. The van der Waals surface area contributed by atoms with Gasteiger partial charge in [0.1, 0.15) is 17.4 Å². The Morgan fingerprint density at radius 3 is 1.87 bits per heavy atom. The van der Waals surface area contributed by atoms with Gasteiger partial charge in [-0.1, -0.05) is 36.4 Å². The molecule has 0 aliphatic heterocycles. The zero-order valence-electron chi connectivity index (χ0n) is 12.7. The van der Waals surface area contributed by atoms with E-state index in [9.17, 15) is 8.78 Å². The van der Waals surface area contributed by atoms with Gasteiger partial charge in [0, 0.05) is 5.56 Å². The van der Waals surface area contributed by atoms with Crippen molar-refractivity contribution < 1.29 is 13.5 Å². The molecule has 3 heteroatoms. The molecule has 1 nitrogen and oxygen atoms in total. The summed E-state index contributed by atoms with van der Waals surface area (Å²) in [5.41, 5.74) is 3.53. The zero-order chi connectivity index (χ0) is 16.2. The summed E-state index contributed by atoms with van der Waals surface area (Å²) >= 11 is 0. The Kier molecular flexibility index (Phi) is 4.38. The fourth-order valence-electron chi connectivity index (χ4n) is 2.59. The second-order valence-electron chi connectivity index (χ2n) is 5.13. The summed E-state index contributed by atoms with van der Waals surface area (Å²) in [6, 6.07) is 18.3. The molecular weight excluding hydrogens is 294 g/mol. The standard InChI is InChI=1S/C20H16F2O/c1-2-23-19-5-3-4-18(14-6-10-16(21)11-7-14)20(19)15-8-12-17(22)13-9-15/h3-13H,2H2,1H3. The van der Waals surface area contributed by atoms with Gasteiger partial charge >= 0.3 is 0 Å². The largest absolute Gasteiger partial charge is 0.493 e. The average molecular weight is 310 g/mol. The van der Waals surface area contributed by atoms with Crippen LogP contribution in [0.15, 0.2) is 66.7 Å². The molecule has 3 rings (SSSR count). The van der Waals surface area contributed by atoms with Crippen LogP contribution in [0.2, 0.25) is 0 Å². The van der Waals surface area contributed by atoms with E-state index in [1.807, 2.05) is 25.1 Å². The third-order valence-electron chi connectivity index (χ3n) is 3.61. The van der Waals surface area contributed by atoms with E-state index in [-0.39, 0.29) is 11.6 Å². The van der Waals surface area contributed by atoms with E-state index in [1.165, 1.54) is 24.3 Å². The molecule has 0 saturated heterocycles. The van der Waals surface area contributed by atoms with Gasteiger partial charge in [-0.15, -0.1) is 0 Å². The van der Waals surface area contributed by atoms with Gasteiger partial charge in [0.2, 0.25) is 0 Å². The highest BCUT2D eigenvalue weighted by molar-refractivity contribution is 5.87. The first kappa shape index (κ1) is 15.2. The Hall–Kier alpha value is -2.68. The van der Waals surface area contributed by atoms with Crippen molar-refractivity contribution >= 4 is 0 Å². The molecule has 0 atom stereocenters. The van der Waals surface area contributed by atoms with Crippen molar-refractivity contribution in [3.63, 3.8) is 0 Å². The van der Waals surface area contributed by atoms with Crippen molar-refractivity contribution in [2.45, 2.75) is 6.92 Å². The summed E-state index contributed by atoms with van der Waals surface area (Å²) in [7, 11) is 0. The van der Waals surface area contributed by atoms with E-state index in [0.29, 0.717) is 6.61 Å². The van der Waals surface area contributed by atoms with Gasteiger partial charge in [0.25, 0.3) is 0 Å². The van der Waals surface area contributed by atoms with Crippen LogP contribution in [0, 0.1) is 11.6 Å². The van der Waals surface area contributed by atoms with Crippen molar-refractivity contribution in [1.82, 2.24) is 0 Å². The highest BCUT2D eigenvalue weighted by atomic mass is 19.1. The maximum Gasteiger partial charge on any atom is 0.127 e. The number of hydrogen-bond acceptors (Lipinski definition) is 1. The number of benzene rings is 3. The molecule has 3 aromatic carbocycles. The van der Waals surface area contributed by atoms with Gasteiger partial charge in [0.05, 0.1) is 6.61 Å². The van der Waals surface area contributed by atoms with Crippen molar-refractivity contribution in [1.29, 1.82) is 0 Å². The molecule has 3 aromatic rings. The summed E-state index contributed by atoms with van der Waals surface area (Å²) in [6.07, 6.45) is 0. The van der Waals surface area contributed by atoms with Gasteiger partial charge in [-0.05, 0) is 53.9 Å². The summed E-state index contributed by atoms with van der Waals surface area (Å²) in [5, 5.41) is 0. The molecule has 23 heavy (non-hydrogen) atoms. The van der Waals surface area contributed by atoms with Crippen molar-refractivity contribution in [2.75, 3.05) is 6.61 Å². The van der Waals surface area contributed by atoms with Crippen LogP contribution in [-0.4, -0.2) is 6.61 Å². The molecule has 0 aliphatic rings. The lowest BCUT2D eigenvalue weighted by Crippen LogP contribution is -1.96. The van der Waals surface area contributed by atoms with Crippen LogP contribution in [0.25, 0.3) is 22.3 Å². The second-order valence-corrected chi connectivity index (χ2v) is 5.13. The summed E-state index contributed by atoms with van der Waals surface area (Å²) in [4.78, 5) is 0. The Labute approximate surface area is 134 Å². The summed E-state index contributed by atoms with van der Waals surface area (Å²) < 4.78 is 32.2. The van der Waals surface area contributed by atoms with Crippen LogP contribution in [0.3, 0.4) is 0 Å². The molecule has 0 aliphatic carbocycles. The highest BCUT2D eigenvalue weighted by Crippen LogP contribution is 2.39. The molecule has 0 heterocycles. The van der Waals surface area contributed by atoms with Crippen molar-refractivity contribution in [3.8, 4) is 28.0 Å². The Bertz CT molecular complexity index is 793. The Morgan fingerprint density at radius 1 is 0.739 bits per heavy atom. The zero-order valence-corrected chi connectivity index (χ0v) is 12.7. The molecule has 0 amide bonds. The topological polar surface area (TPSA) is 9.23 Å². The van der Waals surface area contributed by atoms with Crippen LogP contribution in [0.1, 0.15) is 6.92 Å². The van der Waals surface area contributed by atoms with Gasteiger partial charge in [-0.3, -0.25) is 0 Å². The first-order valence-corrected chi connectivity index (χ1v) is 7.46. The summed E-state index contributed by atoms with van der Waals surface area (Å²) in [5.74, 6) is 0.157. The predicted octanol–water partition coefficient (Wildman–Crippen LogP) is 5.70. The minimum Gasteiger partial charge on any atom is -0.493 e. The molecule has 0 unspecified atom stereocenters. The van der Waals surface area contributed by atoms with Gasteiger partial charge in [-0.2, -0.15) is 0 Å². The van der Waals surface area contributed by atoms with Crippen LogP contribution in [-0.2, 0) is 0 Å². The van der Waals surface area contributed by atoms with Crippen molar-refractivity contribution in [3.05, 3.63) is 78.4 Å². The van der Waals surface area contributed by atoms with Crippen LogP contribution in [0.4, 0.5) is 8.78 Å². The molecule has 0 bridgehead atoms. The number of hydrogen-bond donors (Lipinski definition) is 0. The molecule has 0 fully saturated rings. The maximum absolute atomic E-state index is 13.2. The van der Waals surface area contributed by atoms with Crippen molar-refractivity contribution in [2.24, 2.45) is 0 Å². The molecule has 0 aromatic heterocycles. The molecule has 0 N–H and O–H groups in total. The Balaban J connectivity index is 2.21. The number of halogens is 2. The second kappa shape index (κ2) is 6.61. The van der Waals surface area contributed by atoms with E-state index in [1.54, 1.807) is 24.3 Å². The van der Waals surface area contributed by atoms with Gasteiger partial charge in [-0.25, -0.2) is 8.78 Å². The number of rotatable bonds is 4. The summed E-state index contributed by atoms with van der Waals surface area (Å²) in [6.45, 7) is 2.44. The quantitative estimate of drug-likeness (QED) is 0.601. The third kappa shape index (κ3) is 3.24. The van der Waals surface area contributed by atoms with Crippen LogP contribution in [0.5, 0.6) is 5.75 Å². The monoisotopic (exact) mass is 310 g/mol. The van der Waals surface area contributed by atoms with Gasteiger partial charge < -0.3 is 4.74 Å². The minimum absolute atomic E-state index is 0.280. The predicted molar refractivity (Wildman–Crippen MR) is 88.4 cm³/mol. The fraction of sp³-hybridized carbons (Fsp3) is 0.100. The minimum atomic E-state index is -0.286. The average Bonchev–Trinajstić information content (AvgIpc) is 2.57. The highest BCUT2D eigenvalue weighted by Gasteiger charge is 2.13. The maximum atomic E-state index is 13.2. The van der Waals surface area contributed by atoms with Crippen LogP contribution < -0.4 is 4.74 Å². The number of ether oxygens (including phenoxy) is 1. The molecule has 0 spiro atoms. The molecular formula is C20H16F2O. The molecule has 116 valence electrons. The lowest BCUT2D eigenvalue weighted by atomic mass is 9.93. The molecule has 0 radical (unpaired) electrons. The first-order chi connectivity index (χ1) is 11.2. The normalized spacial score (nSPS) is 10.6. The molecule has 0 saturated carbocycles.